The van der Waals surface area contributed by atoms with Crippen LogP contribution in [0, 0.1) is 17.3 Å². The van der Waals surface area contributed by atoms with Crippen LogP contribution >= 0.6 is 0 Å². The van der Waals surface area contributed by atoms with Crippen LogP contribution in [0.4, 0.5) is 5.88 Å². The lowest BCUT2D eigenvalue weighted by atomic mass is 9.51. The van der Waals surface area contributed by atoms with Crippen molar-refractivity contribution in [3.8, 4) is 11.1 Å². The minimum atomic E-state index is -1.19. The summed E-state index contributed by atoms with van der Waals surface area (Å²) in [7, 11) is 0. The SMILES string of the molecule is C[C@]12C[C@@H](C(O)CO)C3=C(C(=O)c4occ5c4[C@]3(C)[C@@H](CCO)OC5=O)C1CCC2=O.O=c1cc(N2CCOCC2)oc2c(-c3ccccc3)cccc12. The van der Waals surface area contributed by atoms with Crippen molar-refractivity contribution in [3.05, 3.63) is 99.1 Å². The Balaban J connectivity index is 0.000000160. The average molecular weight is 738 g/mol. The van der Waals surface area contributed by atoms with Crippen LogP contribution in [0.25, 0.3) is 22.1 Å². The number of esters is 1. The van der Waals surface area contributed by atoms with Crippen molar-refractivity contribution >= 4 is 34.4 Å². The Morgan fingerprint density at radius 2 is 1.72 bits per heavy atom. The number of ketones is 2. The zero-order chi connectivity index (χ0) is 37.9. The molecule has 3 N–H and O–H groups in total. The molecule has 5 aliphatic rings. The van der Waals surface area contributed by atoms with Crippen molar-refractivity contribution in [2.45, 2.75) is 57.2 Å². The number of nitrogens with zero attached hydrogens (tertiary/aromatic N) is 1. The van der Waals surface area contributed by atoms with Gasteiger partial charge >= 0.3 is 5.97 Å². The molecule has 0 spiro atoms. The van der Waals surface area contributed by atoms with E-state index in [0.29, 0.717) is 66.0 Å². The van der Waals surface area contributed by atoms with Crippen LogP contribution in [-0.4, -0.2) is 84.6 Å². The first kappa shape index (κ1) is 36.1. The maximum atomic E-state index is 13.7. The Labute approximate surface area is 311 Å². The van der Waals surface area contributed by atoms with E-state index in [1.165, 1.54) is 6.26 Å². The van der Waals surface area contributed by atoms with Crippen LogP contribution < -0.4 is 10.3 Å². The van der Waals surface area contributed by atoms with E-state index >= 15 is 0 Å². The van der Waals surface area contributed by atoms with E-state index in [1.807, 2.05) is 62.4 Å². The Morgan fingerprint density at radius 1 is 0.963 bits per heavy atom. The molecule has 1 saturated heterocycles. The highest BCUT2D eigenvalue weighted by molar-refractivity contribution is 6.14. The number of morpholine rings is 1. The Bertz CT molecular complexity index is 2230. The number of carbonyl (C=O) groups excluding carboxylic acids is 3. The molecule has 12 nitrogen and oxygen atoms in total. The van der Waals surface area contributed by atoms with E-state index in [-0.39, 0.29) is 47.3 Å². The molecule has 2 unspecified atom stereocenters. The number of carbonyl (C=O) groups is 3. The lowest BCUT2D eigenvalue weighted by Crippen LogP contribution is -2.56. The Morgan fingerprint density at radius 3 is 2.44 bits per heavy atom. The molecule has 2 aromatic heterocycles. The van der Waals surface area contributed by atoms with E-state index < -0.39 is 41.5 Å². The molecule has 2 aliphatic heterocycles. The van der Waals surface area contributed by atoms with Gasteiger partial charge in [-0.1, -0.05) is 49.4 Å². The third kappa shape index (κ3) is 5.49. The number of hydrogen-bond acceptors (Lipinski definition) is 12. The summed E-state index contributed by atoms with van der Waals surface area (Å²) in [6, 6.07) is 17.3. The van der Waals surface area contributed by atoms with Crippen molar-refractivity contribution in [3.63, 3.8) is 0 Å². The molecule has 0 bridgehead atoms. The summed E-state index contributed by atoms with van der Waals surface area (Å²) in [4.78, 5) is 53.7. The molecule has 2 aromatic carbocycles. The second-order valence-electron chi connectivity index (χ2n) is 15.2. The number of aliphatic hydroxyl groups excluding tert-OH is 3. The second kappa shape index (κ2) is 13.8. The van der Waals surface area contributed by atoms with Gasteiger partial charge in [-0.05, 0) is 37.0 Å². The number of hydrogen-bond donors (Lipinski definition) is 3. The summed E-state index contributed by atoms with van der Waals surface area (Å²) in [6.07, 6.45) is 0.558. The number of anilines is 1. The standard InChI is InChI=1S/C23H26O8.C19H17NO3/c1-22-7-10(13(26)8-25)17-16(12(22)3-4-14(22)27)19(28)20-18-11(9-30-20)21(29)31-15(5-6-24)23(17,18)2;21-17-13-18(20-9-11-22-12-10-20)23-19-15(7-4-8-16(17)19)14-5-2-1-3-6-14/h9-10,12-13,15,24-26H,3-8H2,1-2H3;1-8,13H,9-12H2/t10-,12?,13?,15+,22-,23+;/m0./s1. The maximum Gasteiger partial charge on any atom is 0.342 e. The molecule has 0 amide bonds. The molecule has 0 radical (unpaired) electrons. The van der Waals surface area contributed by atoms with Gasteiger partial charge in [0.05, 0.1) is 36.7 Å². The van der Waals surface area contributed by atoms with Gasteiger partial charge in [0.1, 0.15) is 29.3 Å². The first-order valence-corrected chi connectivity index (χ1v) is 18.5. The van der Waals surface area contributed by atoms with E-state index in [4.69, 9.17) is 18.3 Å². The lowest BCUT2D eigenvalue weighted by molar-refractivity contribution is -0.128. The molecule has 9 rings (SSSR count). The minimum Gasteiger partial charge on any atom is -0.460 e. The molecule has 2 fully saturated rings. The van der Waals surface area contributed by atoms with Crippen LogP contribution in [0.2, 0.25) is 0 Å². The molecule has 282 valence electrons. The van der Waals surface area contributed by atoms with Gasteiger partial charge in [-0.25, -0.2) is 4.79 Å². The number of fused-ring (bicyclic) bond motifs is 4. The third-order valence-corrected chi connectivity index (χ3v) is 12.3. The Hall–Kier alpha value is -4.88. The van der Waals surface area contributed by atoms with Gasteiger partial charge < -0.3 is 38.5 Å². The fraction of sp³-hybridized carbons (Fsp3) is 0.429. The number of Topliss-reactive ketones (excluding diaryl/α,β-unsaturated/α-hetero) is 2. The molecule has 54 heavy (non-hydrogen) atoms. The highest BCUT2D eigenvalue weighted by Gasteiger charge is 2.64. The number of benzene rings is 2. The maximum absolute atomic E-state index is 13.7. The van der Waals surface area contributed by atoms with Crippen molar-refractivity contribution < 1.29 is 48.0 Å². The van der Waals surface area contributed by atoms with Crippen molar-refractivity contribution in [2.75, 3.05) is 44.4 Å². The summed E-state index contributed by atoms with van der Waals surface area (Å²) in [5, 5.41) is 30.9. The molecule has 3 aliphatic carbocycles. The number of allylic oxidation sites excluding steroid dienone is 1. The molecule has 4 heterocycles. The number of ether oxygens (including phenoxy) is 2. The summed E-state index contributed by atoms with van der Waals surface area (Å²) in [6.45, 7) is 5.69. The fourth-order valence-electron chi connectivity index (χ4n) is 9.65. The van der Waals surface area contributed by atoms with Gasteiger partial charge in [0.15, 0.2) is 17.1 Å². The molecule has 1 saturated carbocycles. The molecular weight excluding hydrogens is 694 g/mol. The smallest absolute Gasteiger partial charge is 0.342 e. The van der Waals surface area contributed by atoms with Crippen LogP contribution in [0.5, 0.6) is 0 Å². The van der Waals surface area contributed by atoms with Crippen LogP contribution in [0.1, 0.15) is 66.0 Å². The van der Waals surface area contributed by atoms with Gasteiger partial charge in [-0.2, -0.15) is 0 Å². The predicted octanol–water partition coefficient (Wildman–Crippen LogP) is 4.61. The molecular formula is C42H43NO11. The highest BCUT2D eigenvalue weighted by Crippen LogP contribution is 2.63. The van der Waals surface area contributed by atoms with Gasteiger partial charge in [-0.15, -0.1) is 0 Å². The van der Waals surface area contributed by atoms with Crippen molar-refractivity contribution in [1.82, 2.24) is 0 Å². The van der Waals surface area contributed by atoms with E-state index in [2.05, 4.69) is 4.90 Å². The van der Waals surface area contributed by atoms with Gasteiger partial charge in [0.25, 0.3) is 0 Å². The monoisotopic (exact) mass is 737 g/mol. The minimum absolute atomic E-state index is 0.00878. The second-order valence-corrected chi connectivity index (χ2v) is 15.2. The van der Waals surface area contributed by atoms with Crippen molar-refractivity contribution in [1.29, 1.82) is 0 Å². The first-order valence-electron chi connectivity index (χ1n) is 18.5. The zero-order valence-corrected chi connectivity index (χ0v) is 30.2. The van der Waals surface area contributed by atoms with E-state index in [9.17, 15) is 34.5 Å². The van der Waals surface area contributed by atoms with Crippen LogP contribution in [-0.2, 0) is 19.7 Å². The first-order chi connectivity index (χ1) is 26.0. The van der Waals surface area contributed by atoms with Crippen molar-refractivity contribution in [2.24, 2.45) is 17.3 Å². The number of rotatable bonds is 6. The topological polar surface area (TPSA) is 177 Å². The van der Waals surface area contributed by atoms with Gasteiger partial charge in [0, 0.05) is 72.6 Å². The highest BCUT2D eigenvalue weighted by atomic mass is 16.5. The summed E-state index contributed by atoms with van der Waals surface area (Å²) in [5.74, 6) is -1.27. The third-order valence-electron chi connectivity index (χ3n) is 12.3. The van der Waals surface area contributed by atoms with Gasteiger partial charge in [-0.3, -0.25) is 14.4 Å². The largest absolute Gasteiger partial charge is 0.460 e. The van der Waals surface area contributed by atoms with Crippen LogP contribution in [0.15, 0.2) is 85.6 Å². The summed E-state index contributed by atoms with van der Waals surface area (Å²) < 4.78 is 22.8. The molecule has 4 aromatic rings. The van der Waals surface area contributed by atoms with Gasteiger partial charge in [0.2, 0.25) is 5.78 Å². The number of para-hydroxylation sites is 1. The summed E-state index contributed by atoms with van der Waals surface area (Å²) in [5.41, 5.74) is 2.41. The quantitative estimate of drug-likeness (QED) is 0.235. The summed E-state index contributed by atoms with van der Waals surface area (Å²) >= 11 is 0. The normalized spacial score (nSPS) is 27.8. The fourth-order valence-corrected chi connectivity index (χ4v) is 9.65. The predicted molar refractivity (Wildman–Crippen MR) is 196 cm³/mol. The lowest BCUT2D eigenvalue weighted by Gasteiger charge is -2.53. The average Bonchev–Trinajstić information content (AvgIpc) is 3.78. The number of cyclic esters (lactones) is 1. The zero-order valence-electron chi connectivity index (χ0n) is 30.2. The molecule has 6 atom stereocenters. The van der Waals surface area contributed by atoms with E-state index in [1.54, 1.807) is 6.07 Å². The molecule has 12 heteroatoms. The number of aliphatic hydroxyl groups is 3. The van der Waals surface area contributed by atoms with Crippen LogP contribution in [0.3, 0.4) is 0 Å². The Kier molecular flexibility index (Phi) is 9.20. The van der Waals surface area contributed by atoms with E-state index in [0.717, 1.165) is 24.2 Å². The number of furan rings is 1.